The van der Waals surface area contributed by atoms with E-state index in [1.807, 2.05) is 12.1 Å². The second kappa shape index (κ2) is 3.93. The Hall–Kier alpha value is -1.51. The van der Waals surface area contributed by atoms with E-state index in [2.05, 4.69) is 12.2 Å². The van der Waals surface area contributed by atoms with Gasteiger partial charge in [-0.15, -0.1) is 0 Å². The van der Waals surface area contributed by atoms with E-state index < -0.39 is 0 Å². The molecule has 1 aliphatic rings. The van der Waals surface area contributed by atoms with Crippen molar-refractivity contribution < 1.29 is 9.21 Å². The van der Waals surface area contributed by atoms with Gasteiger partial charge in [0.25, 0.3) is 0 Å². The first-order chi connectivity index (χ1) is 7.20. The van der Waals surface area contributed by atoms with Gasteiger partial charge in [-0.1, -0.05) is 6.92 Å². The molecule has 0 unspecified atom stereocenters. The molecule has 0 aliphatic heterocycles. The Morgan fingerprint density at radius 2 is 2.33 bits per heavy atom. The van der Waals surface area contributed by atoms with Crippen molar-refractivity contribution in [2.75, 3.05) is 7.05 Å². The van der Waals surface area contributed by atoms with Gasteiger partial charge in [-0.25, -0.2) is 0 Å². The molecular formula is C12H15NO2. The van der Waals surface area contributed by atoms with Crippen LogP contribution in [-0.2, 0) is 4.79 Å². The maximum absolute atomic E-state index is 11.0. The molecule has 2 rings (SSSR count). The minimum atomic E-state index is -0.118. The fraction of sp³-hybridized carbons (Fsp3) is 0.417. The van der Waals surface area contributed by atoms with Crippen LogP contribution in [-0.4, -0.2) is 13.0 Å². The van der Waals surface area contributed by atoms with E-state index in [1.165, 1.54) is 12.5 Å². The quantitative estimate of drug-likeness (QED) is 0.768. The molecule has 0 radical (unpaired) electrons. The highest BCUT2D eigenvalue weighted by atomic mass is 16.3. The summed E-state index contributed by atoms with van der Waals surface area (Å²) in [7, 11) is 1.60. The van der Waals surface area contributed by atoms with Crippen molar-refractivity contribution in [1.82, 2.24) is 5.32 Å². The third kappa shape index (κ3) is 2.29. The SMILES string of the molecule is CNC(=O)/C=C\c1ccc([C@@H]2C[C@@H]2C)o1. The Morgan fingerprint density at radius 3 is 2.93 bits per heavy atom. The number of amides is 1. The Bertz CT molecular complexity index is 392. The van der Waals surface area contributed by atoms with Crippen molar-refractivity contribution in [3.8, 4) is 0 Å². The molecule has 1 heterocycles. The Kier molecular flexibility index (Phi) is 2.62. The van der Waals surface area contributed by atoms with Gasteiger partial charge in [-0.05, 0) is 30.5 Å². The van der Waals surface area contributed by atoms with Gasteiger partial charge >= 0.3 is 0 Å². The molecule has 3 nitrogen and oxygen atoms in total. The van der Waals surface area contributed by atoms with E-state index in [0.29, 0.717) is 5.92 Å². The lowest BCUT2D eigenvalue weighted by Crippen LogP contribution is -2.13. The molecule has 3 heteroatoms. The summed E-state index contributed by atoms with van der Waals surface area (Å²) in [5.74, 6) is 3.00. The predicted molar refractivity (Wildman–Crippen MR) is 58.3 cm³/mol. The number of likely N-dealkylation sites (N-methyl/N-ethyl adjacent to an activating group) is 1. The number of rotatable bonds is 3. The van der Waals surface area contributed by atoms with Crippen molar-refractivity contribution in [2.24, 2.45) is 5.92 Å². The summed E-state index contributed by atoms with van der Waals surface area (Å²) in [6, 6.07) is 3.90. The fourth-order valence-electron chi connectivity index (χ4n) is 1.62. The van der Waals surface area contributed by atoms with Crippen LogP contribution in [0.2, 0.25) is 0 Å². The first kappa shape index (κ1) is 10.0. The molecule has 1 aromatic heterocycles. The van der Waals surface area contributed by atoms with Crippen LogP contribution in [0.25, 0.3) is 6.08 Å². The van der Waals surface area contributed by atoms with Crippen LogP contribution in [0.4, 0.5) is 0 Å². The number of hydrogen-bond acceptors (Lipinski definition) is 2. The van der Waals surface area contributed by atoms with Crippen LogP contribution in [0.15, 0.2) is 22.6 Å². The molecule has 2 atom stereocenters. The maximum Gasteiger partial charge on any atom is 0.243 e. The van der Waals surface area contributed by atoms with Gasteiger partial charge in [0.05, 0.1) is 0 Å². The van der Waals surface area contributed by atoms with E-state index in [-0.39, 0.29) is 5.91 Å². The van der Waals surface area contributed by atoms with E-state index in [4.69, 9.17) is 4.42 Å². The number of hydrogen-bond donors (Lipinski definition) is 1. The van der Waals surface area contributed by atoms with Crippen molar-refractivity contribution in [1.29, 1.82) is 0 Å². The minimum absolute atomic E-state index is 0.118. The van der Waals surface area contributed by atoms with Crippen molar-refractivity contribution >= 4 is 12.0 Å². The molecular weight excluding hydrogens is 190 g/mol. The minimum Gasteiger partial charge on any atom is -0.461 e. The highest BCUT2D eigenvalue weighted by molar-refractivity contribution is 5.91. The Labute approximate surface area is 89.2 Å². The molecule has 1 aromatic rings. The van der Waals surface area contributed by atoms with Gasteiger partial charge in [-0.3, -0.25) is 4.79 Å². The first-order valence-electron chi connectivity index (χ1n) is 5.20. The Morgan fingerprint density at radius 1 is 1.60 bits per heavy atom. The van der Waals surface area contributed by atoms with E-state index in [0.717, 1.165) is 17.4 Å². The normalized spacial score (nSPS) is 24.4. The average molecular weight is 205 g/mol. The number of carbonyl (C=O) groups excluding carboxylic acids is 1. The van der Waals surface area contributed by atoms with Crippen LogP contribution < -0.4 is 5.32 Å². The number of furan rings is 1. The zero-order valence-corrected chi connectivity index (χ0v) is 8.99. The monoisotopic (exact) mass is 205 g/mol. The molecule has 0 bridgehead atoms. The van der Waals surface area contributed by atoms with Gasteiger partial charge in [0, 0.05) is 19.0 Å². The largest absolute Gasteiger partial charge is 0.461 e. The van der Waals surface area contributed by atoms with Gasteiger partial charge in [0.2, 0.25) is 5.91 Å². The fourth-order valence-corrected chi connectivity index (χ4v) is 1.62. The summed E-state index contributed by atoms with van der Waals surface area (Å²) in [6.07, 6.45) is 4.38. The molecule has 1 aliphatic carbocycles. The second-order valence-electron chi connectivity index (χ2n) is 4.01. The summed E-state index contributed by atoms with van der Waals surface area (Å²) in [5, 5.41) is 2.52. The zero-order valence-electron chi connectivity index (χ0n) is 8.99. The summed E-state index contributed by atoms with van der Waals surface area (Å²) in [4.78, 5) is 11.0. The standard InChI is InChI=1S/C12H15NO2/c1-8-7-10(8)11-5-3-9(15-11)4-6-12(14)13-2/h3-6,8,10H,7H2,1-2H3,(H,13,14)/b6-4-/t8-,10+/m0/s1. The lowest BCUT2D eigenvalue weighted by Gasteiger charge is -1.91. The van der Waals surface area contributed by atoms with Gasteiger partial charge in [0.15, 0.2) is 0 Å². The average Bonchev–Trinajstić information content (AvgIpc) is 2.80. The van der Waals surface area contributed by atoms with Crippen molar-refractivity contribution in [2.45, 2.75) is 19.3 Å². The summed E-state index contributed by atoms with van der Waals surface area (Å²) in [5.41, 5.74) is 0. The molecule has 1 amide bonds. The van der Waals surface area contributed by atoms with Crippen LogP contribution in [0.1, 0.15) is 30.8 Å². The van der Waals surface area contributed by atoms with Crippen LogP contribution in [0, 0.1) is 5.92 Å². The van der Waals surface area contributed by atoms with Gasteiger partial charge in [-0.2, -0.15) is 0 Å². The zero-order chi connectivity index (χ0) is 10.8. The molecule has 15 heavy (non-hydrogen) atoms. The number of carbonyl (C=O) groups is 1. The summed E-state index contributed by atoms with van der Waals surface area (Å²) >= 11 is 0. The van der Waals surface area contributed by atoms with E-state index in [9.17, 15) is 4.79 Å². The first-order valence-corrected chi connectivity index (χ1v) is 5.20. The molecule has 0 saturated heterocycles. The third-order valence-corrected chi connectivity index (χ3v) is 2.77. The molecule has 0 spiro atoms. The van der Waals surface area contributed by atoms with Crippen molar-refractivity contribution in [3.63, 3.8) is 0 Å². The summed E-state index contributed by atoms with van der Waals surface area (Å²) < 4.78 is 5.61. The van der Waals surface area contributed by atoms with E-state index in [1.54, 1.807) is 13.1 Å². The van der Waals surface area contributed by atoms with Crippen molar-refractivity contribution in [3.05, 3.63) is 29.7 Å². The molecule has 1 N–H and O–H groups in total. The smallest absolute Gasteiger partial charge is 0.243 e. The predicted octanol–water partition coefficient (Wildman–Crippen LogP) is 2.16. The second-order valence-corrected chi connectivity index (χ2v) is 4.01. The van der Waals surface area contributed by atoms with Gasteiger partial charge < -0.3 is 9.73 Å². The highest BCUT2D eigenvalue weighted by Gasteiger charge is 2.36. The topological polar surface area (TPSA) is 42.2 Å². The molecule has 1 fully saturated rings. The molecule has 0 aromatic carbocycles. The highest BCUT2D eigenvalue weighted by Crippen LogP contribution is 2.47. The van der Waals surface area contributed by atoms with Crippen LogP contribution in [0.3, 0.4) is 0 Å². The lowest BCUT2D eigenvalue weighted by molar-refractivity contribution is -0.115. The molecule has 80 valence electrons. The molecule has 1 saturated carbocycles. The lowest BCUT2D eigenvalue weighted by atomic mass is 10.3. The van der Waals surface area contributed by atoms with Crippen LogP contribution in [0.5, 0.6) is 0 Å². The Balaban J connectivity index is 2.01. The summed E-state index contributed by atoms with van der Waals surface area (Å²) in [6.45, 7) is 2.22. The maximum atomic E-state index is 11.0. The van der Waals surface area contributed by atoms with E-state index >= 15 is 0 Å². The van der Waals surface area contributed by atoms with Gasteiger partial charge in [0.1, 0.15) is 11.5 Å². The van der Waals surface area contributed by atoms with Crippen LogP contribution >= 0.6 is 0 Å². The number of nitrogens with one attached hydrogen (secondary N) is 1. The third-order valence-electron chi connectivity index (χ3n) is 2.77.